The second kappa shape index (κ2) is 6.30. The third-order valence-corrected chi connectivity index (χ3v) is 3.42. The molecule has 0 spiro atoms. The second-order valence-electron chi connectivity index (χ2n) is 4.21. The normalized spacial score (nSPS) is 19.2. The van der Waals surface area contributed by atoms with Crippen LogP contribution in [0, 0.1) is 5.92 Å². The van der Waals surface area contributed by atoms with Crippen molar-refractivity contribution in [2.24, 2.45) is 11.0 Å². The predicted molar refractivity (Wildman–Crippen MR) is 73.3 cm³/mol. The number of anilines is 1. The van der Waals surface area contributed by atoms with Gasteiger partial charge in [0.25, 0.3) is 0 Å². The monoisotopic (exact) mass is 264 g/mol. The number of rotatable bonds is 4. The van der Waals surface area contributed by atoms with Crippen LogP contribution < -0.4 is 11.2 Å². The Kier molecular flexibility index (Phi) is 4.46. The summed E-state index contributed by atoms with van der Waals surface area (Å²) in [6.45, 7) is 0. The van der Waals surface area contributed by atoms with Crippen molar-refractivity contribution in [3.8, 4) is 0 Å². The molecule has 1 unspecified atom stereocenters. The van der Waals surface area contributed by atoms with Gasteiger partial charge >= 0.3 is 0 Å². The Morgan fingerprint density at radius 3 is 3.22 bits per heavy atom. The third kappa shape index (κ3) is 3.96. The lowest BCUT2D eigenvalue weighted by atomic mass is 9.96. The van der Waals surface area contributed by atoms with Crippen molar-refractivity contribution in [1.29, 1.82) is 0 Å². The molecule has 0 aliphatic heterocycles. The molecular formula is C12H16N4OS. The van der Waals surface area contributed by atoms with Crippen molar-refractivity contribution in [2.45, 2.75) is 25.7 Å². The molecular weight excluding hydrogens is 248 g/mol. The van der Waals surface area contributed by atoms with Crippen LogP contribution in [-0.4, -0.2) is 17.1 Å². The molecule has 1 aliphatic carbocycles. The number of carbonyl (C=O) groups excluding carboxylic acids is 1. The van der Waals surface area contributed by atoms with E-state index < -0.39 is 0 Å². The zero-order valence-corrected chi connectivity index (χ0v) is 10.8. The first-order chi connectivity index (χ1) is 8.74. The van der Waals surface area contributed by atoms with E-state index in [4.69, 9.17) is 5.73 Å². The molecule has 18 heavy (non-hydrogen) atoms. The van der Waals surface area contributed by atoms with Gasteiger partial charge in [0.05, 0.1) is 12.1 Å². The van der Waals surface area contributed by atoms with Crippen LogP contribution in [0.25, 0.3) is 0 Å². The van der Waals surface area contributed by atoms with Crippen molar-refractivity contribution < 1.29 is 4.79 Å². The summed E-state index contributed by atoms with van der Waals surface area (Å²) in [6, 6.07) is 0. The van der Waals surface area contributed by atoms with E-state index in [1.807, 2.05) is 6.21 Å². The Morgan fingerprint density at radius 1 is 1.67 bits per heavy atom. The van der Waals surface area contributed by atoms with E-state index in [1.54, 1.807) is 5.38 Å². The lowest BCUT2D eigenvalue weighted by molar-refractivity contribution is -0.120. The first kappa shape index (κ1) is 12.8. The third-order valence-electron chi connectivity index (χ3n) is 2.70. The largest absolute Gasteiger partial charge is 0.375 e. The SMILES string of the molecule is Nc1nc(CC(=O)N/N=C/C2CC=CCC2)cs1. The Bertz CT molecular complexity index is 466. The molecule has 96 valence electrons. The molecule has 1 aliphatic rings. The highest BCUT2D eigenvalue weighted by Crippen LogP contribution is 2.15. The molecule has 1 atom stereocenters. The van der Waals surface area contributed by atoms with Gasteiger partial charge in [-0.15, -0.1) is 11.3 Å². The minimum atomic E-state index is -0.164. The van der Waals surface area contributed by atoms with Gasteiger partial charge in [0.15, 0.2) is 5.13 Å². The molecule has 0 saturated heterocycles. The molecule has 0 bridgehead atoms. The van der Waals surface area contributed by atoms with Gasteiger partial charge in [0.1, 0.15) is 0 Å². The zero-order chi connectivity index (χ0) is 12.8. The summed E-state index contributed by atoms with van der Waals surface area (Å²) in [5, 5.41) is 6.25. The van der Waals surface area contributed by atoms with Gasteiger partial charge < -0.3 is 5.73 Å². The number of nitrogen functional groups attached to an aromatic ring is 1. The fourth-order valence-electron chi connectivity index (χ4n) is 1.77. The molecule has 6 heteroatoms. The smallest absolute Gasteiger partial charge is 0.246 e. The van der Waals surface area contributed by atoms with Gasteiger partial charge in [-0.1, -0.05) is 12.2 Å². The standard InChI is InChI=1S/C12H16N4OS/c13-12-15-10(8-18-12)6-11(17)16-14-7-9-4-2-1-3-5-9/h1-2,7-9H,3-6H2,(H2,13,15)(H,16,17)/b14-7+. The van der Waals surface area contributed by atoms with Crippen LogP contribution in [0.4, 0.5) is 5.13 Å². The van der Waals surface area contributed by atoms with Crippen LogP contribution in [0.5, 0.6) is 0 Å². The molecule has 0 saturated carbocycles. The number of aromatic nitrogens is 1. The number of hydrazone groups is 1. The molecule has 3 N–H and O–H groups in total. The summed E-state index contributed by atoms with van der Waals surface area (Å²) in [4.78, 5) is 15.6. The first-order valence-electron chi connectivity index (χ1n) is 5.91. The molecule has 0 radical (unpaired) electrons. The van der Waals surface area contributed by atoms with Gasteiger partial charge in [-0.2, -0.15) is 5.10 Å². The molecule has 1 aromatic rings. The Labute approximate surface area is 110 Å². The minimum Gasteiger partial charge on any atom is -0.375 e. The van der Waals surface area contributed by atoms with E-state index >= 15 is 0 Å². The summed E-state index contributed by atoms with van der Waals surface area (Å²) in [5.74, 6) is 0.271. The number of hydrogen-bond acceptors (Lipinski definition) is 5. The van der Waals surface area contributed by atoms with E-state index in [1.165, 1.54) is 11.3 Å². The summed E-state index contributed by atoms with van der Waals surface area (Å²) in [5.41, 5.74) is 8.70. The van der Waals surface area contributed by atoms with Crippen LogP contribution in [0.15, 0.2) is 22.6 Å². The topological polar surface area (TPSA) is 80.4 Å². The van der Waals surface area contributed by atoms with Crippen molar-refractivity contribution >= 4 is 28.6 Å². The molecule has 1 amide bonds. The average molecular weight is 264 g/mol. The van der Waals surface area contributed by atoms with E-state index in [9.17, 15) is 4.79 Å². The van der Waals surface area contributed by atoms with Crippen molar-refractivity contribution in [3.63, 3.8) is 0 Å². The summed E-state index contributed by atoms with van der Waals surface area (Å²) >= 11 is 1.33. The van der Waals surface area contributed by atoms with Crippen LogP contribution in [0.1, 0.15) is 25.0 Å². The van der Waals surface area contributed by atoms with Crippen LogP contribution in [0.3, 0.4) is 0 Å². The van der Waals surface area contributed by atoms with Crippen LogP contribution in [-0.2, 0) is 11.2 Å². The number of carbonyl (C=O) groups is 1. The van der Waals surface area contributed by atoms with Crippen molar-refractivity contribution in [3.05, 3.63) is 23.2 Å². The highest BCUT2D eigenvalue weighted by molar-refractivity contribution is 7.13. The van der Waals surface area contributed by atoms with Crippen molar-refractivity contribution in [1.82, 2.24) is 10.4 Å². The minimum absolute atomic E-state index is 0.164. The summed E-state index contributed by atoms with van der Waals surface area (Å²) in [7, 11) is 0. The molecule has 1 heterocycles. The maximum absolute atomic E-state index is 11.5. The number of nitrogens with zero attached hydrogens (tertiary/aromatic N) is 2. The number of hydrogen-bond donors (Lipinski definition) is 2. The highest BCUT2D eigenvalue weighted by atomic mass is 32.1. The Balaban J connectivity index is 1.74. The van der Waals surface area contributed by atoms with Crippen molar-refractivity contribution in [2.75, 3.05) is 5.73 Å². The second-order valence-corrected chi connectivity index (χ2v) is 5.10. The predicted octanol–water partition coefficient (Wildman–Crippen LogP) is 1.73. The lowest BCUT2D eigenvalue weighted by Crippen LogP contribution is -2.21. The number of amides is 1. The quantitative estimate of drug-likeness (QED) is 0.493. The highest BCUT2D eigenvalue weighted by Gasteiger charge is 2.08. The van der Waals surface area contributed by atoms with Gasteiger partial charge in [0, 0.05) is 11.6 Å². The van der Waals surface area contributed by atoms with Crippen LogP contribution >= 0.6 is 11.3 Å². The maximum Gasteiger partial charge on any atom is 0.246 e. The zero-order valence-electron chi connectivity index (χ0n) is 10.0. The van der Waals surface area contributed by atoms with Gasteiger partial charge in [-0.25, -0.2) is 10.4 Å². The van der Waals surface area contributed by atoms with E-state index in [2.05, 4.69) is 27.7 Å². The Hall–Kier alpha value is -1.69. The lowest BCUT2D eigenvalue weighted by Gasteiger charge is -2.11. The van der Waals surface area contributed by atoms with Gasteiger partial charge in [-0.3, -0.25) is 4.79 Å². The molecule has 0 aromatic carbocycles. The summed E-state index contributed by atoms with van der Waals surface area (Å²) in [6.07, 6.45) is 9.55. The number of allylic oxidation sites excluding steroid dienone is 2. The van der Waals surface area contributed by atoms with Gasteiger partial charge in [0.2, 0.25) is 5.91 Å². The number of thiazole rings is 1. The molecule has 5 nitrogen and oxygen atoms in total. The van der Waals surface area contributed by atoms with Crippen LogP contribution in [0.2, 0.25) is 0 Å². The molecule has 2 rings (SSSR count). The maximum atomic E-state index is 11.5. The fraction of sp³-hybridized carbons (Fsp3) is 0.417. The number of nitrogens with two attached hydrogens (primary N) is 1. The first-order valence-corrected chi connectivity index (χ1v) is 6.79. The summed E-state index contributed by atoms with van der Waals surface area (Å²) < 4.78 is 0. The Morgan fingerprint density at radius 2 is 2.56 bits per heavy atom. The van der Waals surface area contributed by atoms with E-state index in [0.717, 1.165) is 19.3 Å². The average Bonchev–Trinajstić information content (AvgIpc) is 2.76. The number of nitrogens with one attached hydrogen (secondary N) is 1. The van der Waals surface area contributed by atoms with Gasteiger partial charge in [-0.05, 0) is 25.2 Å². The molecule has 0 fully saturated rings. The molecule has 1 aromatic heterocycles. The van der Waals surface area contributed by atoms with E-state index in [0.29, 0.717) is 16.7 Å². The fourth-order valence-corrected chi connectivity index (χ4v) is 2.34. The van der Waals surface area contributed by atoms with E-state index in [-0.39, 0.29) is 12.3 Å².